The first-order valence-electron chi connectivity index (χ1n) is 5.74. The number of ether oxygens (including phenoxy) is 1. The fourth-order valence-electron chi connectivity index (χ4n) is 1.66. The van der Waals surface area contributed by atoms with Crippen LogP contribution in [0.1, 0.15) is 0 Å². The summed E-state index contributed by atoms with van der Waals surface area (Å²) in [5.41, 5.74) is 5.62. The zero-order valence-corrected chi connectivity index (χ0v) is 12.2. The quantitative estimate of drug-likeness (QED) is 0.717. The van der Waals surface area contributed by atoms with Gasteiger partial charge in [-0.2, -0.15) is 3.97 Å². The van der Waals surface area contributed by atoms with E-state index in [-0.39, 0.29) is 11.8 Å². The summed E-state index contributed by atoms with van der Waals surface area (Å²) >= 11 is 0. The molecule has 0 unspecified atom stereocenters. The van der Waals surface area contributed by atoms with E-state index < -0.39 is 15.5 Å². The number of nitrogens with one attached hydrogen (secondary N) is 2. The van der Waals surface area contributed by atoms with E-state index in [0.29, 0.717) is 15.4 Å². The summed E-state index contributed by atoms with van der Waals surface area (Å²) in [6.45, 7) is 0. The number of hydrogen-bond acceptors (Lipinski definition) is 8. The van der Waals surface area contributed by atoms with E-state index in [0.717, 1.165) is 6.26 Å². The lowest BCUT2D eigenvalue weighted by Gasteiger charge is -2.11. The molecule has 0 aliphatic carbocycles. The standard InChI is InChI=1S/C11H14N6O3S/c1-20-8-5-3-4-7(6-8)14-10-9(12)17(21(2,18)19)11(13)16-15-10/h3-6,12H,1-2H3,(H2,13,16)(H,14,15). The normalized spacial score (nSPS) is 11.1. The molecular weight excluding hydrogens is 296 g/mol. The van der Waals surface area contributed by atoms with Crippen molar-refractivity contribution in [2.45, 2.75) is 0 Å². The molecular formula is C11H14N6O3S. The molecule has 1 aromatic carbocycles. The Bertz CT molecular complexity index is 830. The topological polar surface area (TPSA) is 136 Å². The highest BCUT2D eigenvalue weighted by Crippen LogP contribution is 2.18. The molecule has 2 aromatic rings. The monoisotopic (exact) mass is 310 g/mol. The molecule has 0 atom stereocenters. The highest BCUT2D eigenvalue weighted by Gasteiger charge is 2.15. The number of nitrogens with zero attached hydrogens (tertiary/aromatic N) is 3. The van der Waals surface area contributed by atoms with Crippen molar-refractivity contribution in [2.24, 2.45) is 0 Å². The fraction of sp³-hybridized carbons (Fsp3) is 0.182. The van der Waals surface area contributed by atoms with E-state index in [4.69, 9.17) is 15.9 Å². The molecule has 0 saturated carbocycles. The summed E-state index contributed by atoms with van der Waals surface area (Å²) in [6, 6.07) is 6.87. The van der Waals surface area contributed by atoms with Crippen LogP contribution in [0.3, 0.4) is 0 Å². The van der Waals surface area contributed by atoms with Crippen molar-refractivity contribution in [2.75, 3.05) is 24.4 Å². The Morgan fingerprint density at radius 2 is 2.10 bits per heavy atom. The molecule has 0 spiro atoms. The molecule has 1 aromatic heterocycles. The van der Waals surface area contributed by atoms with Gasteiger partial charge in [0, 0.05) is 11.8 Å². The predicted octanol–water partition coefficient (Wildman–Crippen LogP) is -0.100. The zero-order valence-electron chi connectivity index (χ0n) is 11.4. The summed E-state index contributed by atoms with van der Waals surface area (Å²) in [7, 11) is -2.23. The van der Waals surface area contributed by atoms with Crippen molar-refractivity contribution in [3.63, 3.8) is 0 Å². The van der Waals surface area contributed by atoms with Crippen LogP contribution in [0.5, 0.6) is 5.75 Å². The fourth-order valence-corrected chi connectivity index (χ4v) is 2.45. The molecule has 1 heterocycles. The third-order valence-electron chi connectivity index (χ3n) is 2.55. The van der Waals surface area contributed by atoms with Gasteiger partial charge in [-0.3, -0.25) is 5.41 Å². The summed E-state index contributed by atoms with van der Waals surface area (Å²) in [5.74, 6) is 0.187. The second-order valence-corrected chi connectivity index (χ2v) is 5.97. The average Bonchev–Trinajstić information content (AvgIpc) is 2.41. The van der Waals surface area contributed by atoms with Gasteiger partial charge in [0.25, 0.3) is 0 Å². The van der Waals surface area contributed by atoms with E-state index in [2.05, 4.69) is 15.5 Å². The maximum absolute atomic E-state index is 11.6. The van der Waals surface area contributed by atoms with Crippen LogP contribution >= 0.6 is 0 Å². The minimum atomic E-state index is -3.75. The average molecular weight is 310 g/mol. The highest BCUT2D eigenvalue weighted by molar-refractivity contribution is 7.89. The number of anilines is 3. The molecule has 0 bridgehead atoms. The molecule has 4 N–H and O–H groups in total. The molecule has 0 radical (unpaired) electrons. The number of nitrogen functional groups attached to an aromatic ring is 1. The lowest BCUT2D eigenvalue weighted by molar-refractivity contribution is 0.415. The van der Waals surface area contributed by atoms with E-state index in [1.807, 2.05) is 0 Å². The summed E-state index contributed by atoms with van der Waals surface area (Å²) in [6.07, 6.45) is 0.929. The van der Waals surface area contributed by atoms with Crippen LogP contribution in [0.15, 0.2) is 24.3 Å². The summed E-state index contributed by atoms with van der Waals surface area (Å²) in [4.78, 5) is 0. The number of rotatable bonds is 4. The van der Waals surface area contributed by atoms with E-state index in [1.54, 1.807) is 24.3 Å². The van der Waals surface area contributed by atoms with Crippen LogP contribution in [0.2, 0.25) is 0 Å². The predicted molar refractivity (Wildman–Crippen MR) is 76.8 cm³/mol. The molecule has 0 aliphatic heterocycles. The van der Waals surface area contributed by atoms with Gasteiger partial charge in [0.05, 0.1) is 13.4 Å². The first kappa shape index (κ1) is 14.8. The Morgan fingerprint density at radius 3 is 2.71 bits per heavy atom. The Hall–Kier alpha value is -2.62. The van der Waals surface area contributed by atoms with Gasteiger partial charge in [-0.1, -0.05) is 6.07 Å². The number of aromatic nitrogens is 3. The number of methoxy groups -OCH3 is 1. The van der Waals surface area contributed by atoms with Gasteiger partial charge in [0.1, 0.15) is 5.75 Å². The third kappa shape index (κ3) is 3.11. The number of nitrogens with two attached hydrogens (primary N) is 1. The molecule has 21 heavy (non-hydrogen) atoms. The van der Waals surface area contributed by atoms with Gasteiger partial charge in [-0.15, -0.1) is 10.2 Å². The number of benzene rings is 1. The maximum atomic E-state index is 11.6. The van der Waals surface area contributed by atoms with Gasteiger partial charge in [-0.25, -0.2) is 8.42 Å². The van der Waals surface area contributed by atoms with Crippen LogP contribution in [-0.4, -0.2) is 36.0 Å². The first-order chi connectivity index (χ1) is 9.82. The smallest absolute Gasteiger partial charge is 0.240 e. The molecule has 2 rings (SSSR count). The van der Waals surface area contributed by atoms with Gasteiger partial charge in [0.2, 0.25) is 16.0 Å². The van der Waals surface area contributed by atoms with Crippen LogP contribution in [0, 0.1) is 5.41 Å². The zero-order chi connectivity index (χ0) is 15.6. The third-order valence-corrected chi connectivity index (χ3v) is 3.58. The Morgan fingerprint density at radius 1 is 1.38 bits per heavy atom. The van der Waals surface area contributed by atoms with Crippen molar-refractivity contribution < 1.29 is 13.2 Å². The van der Waals surface area contributed by atoms with E-state index in [1.165, 1.54) is 7.11 Å². The minimum Gasteiger partial charge on any atom is -0.497 e. The SMILES string of the molecule is COc1cccc(Nc2nnc(N)n(S(C)(=O)=O)c2=N)c1. The number of hydrogen-bond donors (Lipinski definition) is 3. The molecule has 0 saturated heterocycles. The van der Waals surface area contributed by atoms with Crippen LogP contribution in [0.4, 0.5) is 17.5 Å². The maximum Gasteiger partial charge on any atom is 0.240 e. The van der Waals surface area contributed by atoms with Gasteiger partial charge >= 0.3 is 0 Å². The van der Waals surface area contributed by atoms with Crippen molar-refractivity contribution in [3.8, 4) is 5.75 Å². The molecule has 9 nitrogen and oxygen atoms in total. The lowest BCUT2D eigenvalue weighted by Crippen LogP contribution is -2.32. The van der Waals surface area contributed by atoms with Crippen molar-refractivity contribution in [1.82, 2.24) is 14.2 Å². The second-order valence-electron chi connectivity index (χ2n) is 4.14. The van der Waals surface area contributed by atoms with Crippen LogP contribution in [0.25, 0.3) is 0 Å². The summed E-state index contributed by atoms with van der Waals surface area (Å²) in [5, 5.41) is 17.9. The van der Waals surface area contributed by atoms with Crippen LogP contribution in [-0.2, 0) is 10.0 Å². The largest absolute Gasteiger partial charge is 0.497 e. The highest BCUT2D eigenvalue weighted by atomic mass is 32.2. The van der Waals surface area contributed by atoms with Gasteiger partial charge < -0.3 is 15.8 Å². The molecule has 0 aliphatic rings. The van der Waals surface area contributed by atoms with Gasteiger partial charge in [-0.05, 0) is 12.1 Å². The van der Waals surface area contributed by atoms with Gasteiger partial charge in [0.15, 0.2) is 11.3 Å². The van der Waals surface area contributed by atoms with Crippen molar-refractivity contribution >= 4 is 27.5 Å². The van der Waals surface area contributed by atoms with Crippen molar-refractivity contribution in [1.29, 1.82) is 5.41 Å². The minimum absolute atomic E-state index is 0.0390. The van der Waals surface area contributed by atoms with Crippen molar-refractivity contribution in [3.05, 3.63) is 29.8 Å². The lowest BCUT2D eigenvalue weighted by atomic mass is 10.3. The molecule has 112 valence electrons. The first-order valence-corrected chi connectivity index (χ1v) is 7.59. The van der Waals surface area contributed by atoms with Crippen LogP contribution < -0.4 is 21.3 Å². The summed E-state index contributed by atoms with van der Waals surface area (Å²) < 4.78 is 28.9. The Kier molecular flexibility index (Phi) is 3.80. The molecule has 10 heteroatoms. The molecule has 0 amide bonds. The Balaban J connectivity index is 2.49. The van der Waals surface area contributed by atoms with E-state index >= 15 is 0 Å². The second kappa shape index (κ2) is 5.40. The molecule has 0 fully saturated rings. The Labute approximate surface area is 121 Å². The van der Waals surface area contributed by atoms with E-state index in [9.17, 15) is 8.42 Å².